The second kappa shape index (κ2) is 11.1. The molecular formula is C28H36N2O5. The number of hydrogen-bond donors (Lipinski definition) is 1. The highest BCUT2D eigenvalue weighted by Gasteiger charge is 2.38. The van der Waals surface area contributed by atoms with Crippen molar-refractivity contribution < 1.29 is 23.8 Å². The standard InChI is InChI=1S/C28H36N2O5/c1-28(2,3)35-27(32)29-24(26(31)34-25-18-30-15-13-22(25)14-16-30)17-20-9-11-23(12-10-20)33-19-21-7-5-4-6-8-21/h4-12,22,24-25H,13-19H2,1-3H3,(H,29,32)/t24?,25-/m0/s1. The number of esters is 1. The number of carbonyl (C=O) groups is 2. The van der Waals surface area contributed by atoms with E-state index < -0.39 is 23.7 Å². The van der Waals surface area contributed by atoms with Crippen LogP contribution in [0.2, 0.25) is 0 Å². The Labute approximate surface area is 207 Å². The summed E-state index contributed by atoms with van der Waals surface area (Å²) in [6.07, 6.45) is 1.65. The van der Waals surface area contributed by atoms with Crippen LogP contribution in [0.25, 0.3) is 0 Å². The van der Waals surface area contributed by atoms with Crippen molar-refractivity contribution in [2.45, 2.75) is 64.4 Å². The molecule has 0 radical (unpaired) electrons. The molecule has 1 N–H and O–H groups in total. The number of rotatable bonds is 8. The minimum absolute atomic E-state index is 0.123. The van der Waals surface area contributed by atoms with E-state index in [-0.39, 0.29) is 6.10 Å². The lowest BCUT2D eigenvalue weighted by Gasteiger charge is -2.44. The van der Waals surface area contributed by atoms with Crippen LogP contribution in [-0.4, -0.2) is 54.3 Å². The van der Waals surface area contributed by atoms with Crippen molar-refractivity contribution in [3.8, 4) is 5.75 Å². The summed E-state index contributed by atoms with van der Waals surface area (Å²) in [4.78, 5) is 28.0. The van der Waals surface area contributed by atoms with Crippen molar-refractivity contribution in [1.29, 1.82) is 0 Å². The molecule has 0 spiro atoms. The predicted octanol–water partition coefficient (Wildman–Crippen LogP) is 4.34. The van der Waals surface area contributed by atoms with E-state index in [1.165, 1.54) is 0 Å². The molecule has 7 nitrogen and oxygen atoms in total. The minimum Gasteiger partial charge on any atom is -0.489 e. The van der Waals surface area contributed by atoms with Crippen LogP contribution in [0.1, 0.15) is 44.7 Å². The van der Waals surface area contributed by atoms with E-state index in [0.29, 0.717) is 18.9 Å². The Hall–Kier alpha value is -3.06. The molecule has 3 aliphatic rings. The zero-order valence-corrected chi connectivity index (χ0v) is 20.9. The highest BCUT2D eigenvalue weighted by molar-refractivity contribution is 5.82. The van der Waals surface area contributed by atoms with Gasteiger partial charge < -0.3 is 19.5 Å². The molecule has 1 amide bonds. The van der Waals surface area contributed by atoms with Crippen molar-refractivity contribution in [3.63, 3.8) is 0 Å². The van der Waals surface area contributed by atoms with Crippen molar-refractivity contribution in [3.05, 3.63) is 65.7 Å². The summed E-state index contributed by atoms with van der Waals surface area (Å²) in [6, 6.07) is 16.7. The first-order chi connectivity index (χ1) is 16.7. The van der Waals surface area contributed by atoms with Crippen LogP contribution < -0.4 is 10.1 Å². The van der Waals surface area contributed by atoms with Crippen LogP contribution in [0.15, 0.2) is 54.6 Å². The number of hydrogen-bond acceptors (Lipinski definition) is 6. The van der Waals surface area contributed by atoms with Crippen molar-refractivity contribution in [1.82, 2.24) is 10.2 Å². The van der Waals surface area contributed by atoms with E-state index in [4.69, 9.17) is 14.2 Å². The van der Waals surface area contributed by atoms with Crippen molar-refractivity contribution in [2.75, 3.05) is 19.6 Å². The molecule has 3 heterocycles. The zero-order chi connectivity index (χ0) is 24.8. The van der Waals surface area contributed by atoms with Crippen LogP contribution in [0.3, 0.4) is 0 Å². The van der Waals surface area contributed by atoms with Gasteiger partial charge in [-0.15, -0.1) is 0 Å². The van der Waals surface area contributed by atoms with Gasteiger partial charge in [-0.25, -0.2) is 9.59 Å². The van der Waals surface area contributed by atoms with E-state index in [2.05, 4.69) is 10.2 Å². The van der Waals surface area contributed by atoms with E-state index in [9.17, 15) is 9.59 Å². The van der Waals surface area contributed by atoms with Gasteiger partial charge >= 0.3 is 12.1 Å². The fourth-order valence-corrected chi connectivity index (χ4v) is 4.62. The predicted molar refractivity (Wildman–Crippen MR) is 133 cm³/mol. The molecule has 2 aromatic carbocycles. The fraction of sp³-hybridized carbons (Fsp3) is 0.500. The average molecular weight is 481 g/mol. The van der Waals surface area contributed by atoms with Crippen molar-refractivity contribution >= 4 is 12.1 Å². The second-order valence-corrected chi connectivity index (χ2v) is 10.4. The maximum absolute atomic E-state index is 13.2. The number of nitrogens with zero attached hydrogens (tertiary/aromatic N) is 1. The highest BCUT2D eigenvalue weighted by atomic mass is 16.6. The van der Waals surface area contributed by atoms with E-state index in [1.807, 2.05) is 54.6 Å². The lowest BCUT2D eigenvalue weighted by atomic mass is 9.86. The molecule has 1 unspecified atom stereocenters. The third-order valence-electron chi connectivity index (χ3n) is 6.45. The maximum atomic E-state index is 13.2. The molecule has 3 fully saturated rings. The smallest absolute Gasteiger partial charge is 0.408 e. The largest absolute Gasteiger partial charge is 0.489 e. The van der Waals surface area contributed by atoms with Gasteiger partial charge in [-0.05, 0) is 75.9 Å². The van der Waals surface area contributed by atoms with Gasteiger partial charge in [-0.1, -0.05) is 42.5 Å². The molecule has 2 atom stereocenters. The Balaban J connectivity index is 1.39. The Morgan fingerprint density at radius 3 is 2.29 bits per heavy atom. The van der Waals surface area contributed by atoms with Crippen molar-refractivity contribution in [2.24, 2.45) is 5.92 Å². The van der Waals surface area contributed by atoms with E-state index in [0.717, 1.165) is 49.4 Å². The van der Waals surface area contributed by atoms with Gasteiger partial charge in [-0.2, -0.15) is 0 Å². The molecule has 3 saturated heterocycles. The SMILES string of the molecule is CC(C)(C)OC(=O)NC(Cc1ccc(OCc2ccccc2)cc1)C(=O)O[C@H]1CN2CCC1CC2. The van der Waals surface area contributed by atoms with Gasteiger partial charge in [0.1, 0.15) is 30.1 Å². The van der Waals surface area contributed by atoms with Gasteiger partial charge in [0.05, 0.1) is 0 Å². The topological polar surface area (TPSA) is 77.1 Å². The van der Waals surface area contributed by atoms with Crippen LogP contribution in [-0.2, 0) is 27.3 Å². The third kappa shape index (κ3) is 7.46. The average Bonchev–Trinajstić information content (AvgIpc) is 2.83. The van der Waals surface area contributed by atoms with Gasteiger partial charge in [0.25, 0.3) is 0 Å². The molecule has 5 rings (SSSR count). The summed E-state index contributed by atoms with van der Waals surface area (Å²) in [5.74, 6) is 0.718. The minimum atomic E-state index is -0.837. The summed E-state index contributed by atoms with van der Waals surface area (Å²) in [5.41, 5.74) is 1.32. The first-order valence-corrected chi connectivity index (χ1v) is 12.4. The number of nitrogens with one attached hydrogen (secondary N) is 1. The second-order valence-electron chi connectivity index (χ2n) is 10.4. The lowest BCUT2D eigenvalue weighted by molar-refractivity contribution is -0.161. The molecule has 0 saturated carbocycles. The number of fused-ring (bicyclic) bond motifs is 3. The Bertz CT molecular complexity index is 979. The fourth-order valence-electron chi connectivity index (χ4n) is 4.62. The third-order valence-corrected chi connectivity index (χ3v) is 6.45. The Kier molecular flexibility index (Phi) is 7.96. The number of amides is 1. The Morgan fingerprint density at radius 1 is 1.00 bits per heavy atom. The quantitative estimate of drug-likeness (QED) is 0.567. The molecule has 0 aromatic heterocycles. The first kappa shape index (κ1) is 25.0. The molecule has 3 aliphatic heterocycles. The van der Waals surface area contributed by atoms with Gasteiger partial charge in [0.15, 0.2) is 0 Å². The number of piperidine rings is 3. The monoisotopic (exact) mass is 480 g/mol. The van der Waals surface area contributed by atoms with Crippen LogP contribution in [0.4, 0.5) is 4.79 Å². The van der Waals surface area contributed by atoms with Gasteiger partial charge in [-0.3, -0.25) is 4.90 Å². The number of carbonyl (C=O) groups excluding carboxylic acids is 2. The highest BCUT2D eigenvalue weighted by Crippen LogP contribution is 2.30. The van der Waals surface area contributed by atoms with Gasteiger partial charge in [0.2, 0.25) is 0 Å². The summed E-state index contributed by atoms with van der Waals surface area (Å²) < 4.78 is 17.2. The van der Waals surface area contributed by atoms with Crippen LogP contribution >= 0.6 is 0 Å². The zero-order valence-electron chi connectivity index (χ0n) is 20.9. The summed E-state index contributed by atoms with van der Waals surface area (Å²) in [5, 5.41) is 2.74. The summed E-state index contributed by atoms with van der Waals surface area (Å²) in [7, 11) is 0. The molecule has 0 aliphatic carbocycles. The van der Waals surface area contributed by atoms with Crippen LogP contribution in [0.5, 0.6) is 5.75 Å². The normalized spacial score (nSPS) is 22.2. The number of alkyl carbamates (subject to hydrolysis) is 1. The number of benzene rings is 2. The molecule has 2 bridgehead atoms. The maximum Gasteiger partial charge on any atom is 0.408 e. The molecule has 188 valence electrons. The Morgan fingerprint density at radius 2 is 1.69 bits per heavy atom. The number of ether oxygens (including phenoxy) is 3. The first-order valence-electron chi connectivity index (χ1n) is 12.4. The molecule has 2 aromatic rings. The van der Waals surface area contributed by atoms with E-state index >= 15 is 0 Å². The molecule has 7 heteroatoms. The molecule has 35 heavy (non-hydrogen) atoms. The summed E-state index contributed by atoms with van der Waals surface area (Å²) >= 11 is 0. The van der Waals surface area contributed by atoms with Crippen LogP contribution in [0, 0.1) is 5.92 Å². The van der Waals surface area contributed by atoms with E-state index in [1.54, 1.807) is 20.8 Å². The molecular weight excluding hydrogens is 444 g/mol. The van der Waals surface area contributed by atoms with Gasteiger partial charge in [0, 0.05) is 13.0 Å². The lowest BCUT2D eigenvalue weighted by Crippen LogP contribution is -2.54. The summed E-state index contributed by atoms with van der Waals surface area (Å²) in [6.45, 7) is 8.76.